The third-order valence-corrected chi connectivity index (χ3v) is 3.99. The number of carbonyl (C=O) groups excluding carboxylic acids is 1. The van der Waals surface area contributed by atoms with E-state index in [1.54, 1.807) is 17.2 Å². The number of rotatable bonds is 2. The zero-order valence-electron chi connectivity index (χ0n) is 11.8. The minimum absolute atomic E-state index is 0. The Morgan fingerprint density at radius 1 is 1.41 bits per heavy atom. The largest absolute Gasteiger partial charge is 0.391 e. The van der Waals surface area contributed by atoms with Crippen molar-refractivity contribution in [2.24, 2.45) is 0 Å². The van der Waals surface area contributed by atoms with Crippen molar-refractivity contribution < 1.29 is 12.8 Å². The Kier molecular flexibility index (Phi) is 2.93. The van der Waals surface area contributed by atoms with Crippen LogP contribution in [-0.4, -0.2) is 55.0 Å². The topological polar surface area (TPSA) is 97.9 Å². The predicted octanol–water partition coefficient (Wildman–Crippen LogP) is 1.65. The second-order valence-electron chi connectivity index (χ2n) is 5.46. The molecule has 22 heavy (non-hydrogen) atoms. The number of hydrogen-bond acceptors (Lipinski definition) is 4. The highest BCUT2D eigenvalue weighted by Crippen LogP contribution is 2.26. The fourth-order valence-corrected chi connectivity index (χ4v) is 2.85. The molecule has 7 nitrogen and oxygen atoms in total. The smallest absolute Gasteiger partial charge is 0.270 e. The summed E-state index contributed by atoms with van der Waals surface area (Å²) in [6.07, 6.45) is 5.30. The summed E-state index contributed by atoms with van der Waals surface area (Å²) in [7, 11) is 0. The summed E-state index contributed by atoms with van der Waals surface area (Å²) in [5.41, 5.74) is 2.89. The summed E-state index contributed by atoms with van der Waals surface area (Å²) in [4.78, 5) is 28.6. The summed E-state index contributed by atoms with van der Waals surface area (Å²) in [5.74, 6) is -0.0952. The van der Waals surface area contributed by atoms with Gasteiger partial charge in [0.1, 0.15) is 17.7 Å². The number of aromatic amines is 2. The molecule has 1 aliphatic rings. The van der Waals surface area contributed by atoms with Gasteiger partial charge in [-0.25, -0.2) is 9.97 Å². The number of likely N-dealkylation sites (tertiary alicyclic amines) is 1. The van der Waals surface area contributed by atoms with E-state index < -0.39 is 6.10 Å². The maximum Gasteiger partial charge on any atom is 0.270 e. The van der Waals surface area contributed by atoms with E-state index in [-0.39, 0.29) is 8.76 Å². The molecular weight excluding hydrogens is 282 g/mol. The number of nitrogens with zero attached hydrogens (tertiary/aromatic N) is 3. The van der Waals surface area contributed by atoms with Gasteiger partial charge in [-0.05, 0) is 18.6 Å². The third kappa shape index (κ3) is 2.06. The number of aliphatic hydroxyl groups excluding tert-OH is 1. The maximum atomic E-state index is 12.4. The second-order valence-corrected chi connectivity index (χ2v) is 5.46. The average Bonchev–Trinajstić information content (AvgIpc) is 3.26. The molecule has 3 aromatic rings. The van der Waals surface area contributed by atoms with Crippen molar-refractivity contribution in [3.8, 4) is 11.3 Å². The lowest BCUT2D eigenvalue weighted by molar-refractivity contribution is 0.0760. The van der Waals surface area contributed by atoms with Crippen molar-refractivity contribution in [2.45, 2.75) is 12.5 Å². The molecule has 7 heteroatoms. The quantitative estimate of drug-likeness (QED) is 0.670. The second kappa shape index (κ2) is 4.96. The molecule has 0 bridgehead atoms. The Morgan fingerprint density at radius 3 is 3.14 bits per heavy atom. The Labute approximate surface area is 129 Å². The number of aliphatic hydroxyl groups is 1. The van der Waals surface area contributed by atoms with Crippen LogP contribution in [0.3, 0.4) is 0 Å². The minimum atomic E-state index is -0.417. The van der Waals surface area contributed by atoms with Gasteiger partial charge in [0.2, 0.25) is 0 Å². The van der Waals surface area contributed by atoms with Gasteiger partial charge < -0.3 is 20.0 Å². The van der Waals surface area contributed by atoms with Crippen LogP contribution in [0.25, 0.3) is 22.3 Å². The van der Waals surface area contributed by atoms with Gasteiger partial charge in [-0.1, -0.05) is 0 Å². The Morgan fingerprint density at radius 2 is 2.32 bits per heavy atom. The number of carbonyl (C=O) groups is 1. The molecule has 1 atom stereocenters. The third-order valence-electron chi connectivity index (χ3n) is 3.99. The summed E-state index contributed by atoms with van der Waals surface area (Å²) in [6.45, 7) is 0.979. The molecule has 0 aromatic carbocycles. The molecule has 1 aliphatic heterocycles. The van der Waals surface area contributed by atoms with Crippen LogP contribution in [-0.2, 0) is 0 Å². The first-order valence-electron chi connectivity index (χ1n) is 7.16. The zero-order valence-corrected chi connectivity index (χ0v) is 11.8. The number of H-pyrrole nitrogens is 2. The number of amides is 1. The van der Waals surface area contributed by atoms with Gasteiger partial charge >= 0.3 is 0 Å². The van der Waals surface area contributed by atoms with Crippen LogP contribution in [0.2, 0.25) is 0 Å². The predicted molar refractivity (Wildman–Crippen MR) is 84.4 cm³/mol. The van der Waals surface area contributed by atoms with Crippen LogP contribution in [0.15, 0.2) is 30.9 Å². The molecule has 4 heterocycles. The number of nitrogens with one attached hydrogen (secondary N) is 2. The molecule has 1 amide bonds. The normalized spacial score (nSPS) is 18.2. The fourth-order valence-electron chi connectivity index (χ4n) is 2.85. The molecule has 116 valence electrons. The molecule has 1 fully saturated rings. The molecule has 0 radical (unpaired) electrons. The van der Waals surface area contributed by atoms with E-state index in [0.717, 1.165) is 22.3 Å². The van der Waals surface area contributed by atoms with E-state index in [1.165, 1.54) is 6.33 Å². The molecular formula is C15H19N5O2. The van der Waals surface area contributed by atoms with Crippen molar-refractivity contribution >= 4 is 16.9 Å². The Balaban J connectivity index is 0.00000104. The standard InChI is InChI=1S/C15H15N5O2.2H2/c21-10-2-4-20(7-10)15(22)12-5-9(6-17-12)13-11-1-3-16-14(11)19-8-18-13;;/h1,3,5-6,8,10,17,21H,2,4,7H2,(H,16,18,19);2*1H. The number of aromatic nitrogens is 4. The SMILES string of the molecule is O=C(c1cc(-c2ncnc3[nH]ccc23)c[nH]1)N1CCC(O)C1.[HH].[HH]. The van der Waals surface area contributed by atoms with Gasteiger partial charge in [0.25, 0.3) is 5.91 Å². The van der Waals surface area contributed by atoms with Crippen molar-refractivity contribution in [1.82, 2.24) is 24.8 Å². The van der Waals surface area contributed by atoms with E-state index in [4.69, 9.17) is 0 Å². The van der Waals surface area contributed by atoms with E-state index in [9.17, 15) is 9.90 Å². The van der Waals surface area contributed by atoms with E-state index >= 15 is 0 Å². The minimum Gasteiger partial charge on any atom is -0.391 e. The van der Waals surface area contributed by atoms with E-state index in [0.29, 0.717) is 25.2 Å². The van der Waals surface area contributed by atoms with Crippen LogP contribution in [0, 0.1) is 0 Å². The zero-order chi connectivity index (χ0) is 15.1. The molecule has 4 rings (SSSR count). The first-order valence-corrected chi connectivity index (χ1v) is 7.16. The van der Waals surface area contributed by atoms with Gasteiger partial charge in [0.15, 0.2) is 0 Å². The van der Waals surface area contributed by atoms with Crippen LogP contribution in [0.4, 0.5) is 0 Å². The average molecular weight is 301 g/mol. The molecule has 3 N–H and O–H groups in total. The van der Waals surface area contributed by atoms with Crippen molar-refractivity contribution in [3.05, 3.63) is 36.5 Å². The van der Waals surface area contributed by atoms with Crippen LogP contribution < -0.4 is 0 Å². The monoisotopic (exact) mass is 301 g/mol. The molecule has 1 unspecified atom stereocenters. The van der Waals surface area contributed by atoms with Crippen molar-refractivity contribution in [1.29, 1.82) is 0 Å². The summed E-state index contributed by atoms with van der Waals surface area (Å²) < 4.78 is 0. The first kappa shape index (κ1) is 13.0. The van der Waals surface area contributed by atoms with Crippen molar-refractivity contribution in [3.63, 3.8) is 0 Å². The molecule has 0 saturated carbocycles. The van der Waals surface area contributed by atoms with Crippen molar-refractivity contribution in [2.75, 3.05) is 13.1 Å². The highest BCUT2D eigenvalue weighted by Gasteiger charge is 2.26. The van der Waals surface area contributed by atoms with Gasteiger partial charge in [-0.3, -0.25) is 4.79 Å². The maximum absolute atomic E-state index is 12.4. The summed E-state index contributed by atoms with van der Waals surface area (Å²) in [5, 5.41) is 10.5. The fraction of sp³-hybridized carbons (Fsp3) is 0.267. The summed E-state index contributed by atoms with van der Waals surface area (Å²) in [6, 6.07) is 3.71. The van der Waals surface area contributed by atoms with Gasteiger partial charge in [0, 0.05) is 39.3 Å². The first-order chi connectivity index (χ1) is 10.7. The highest BCUT2D eigenvalue weighted by atomic mass is 16.3. The molecule has 0 spiro atoms. The lowest BCUT2D eigenvalue weighted by Gasteiger charge is -2.13. The number of hydrogen-bond donors (Lipinski definition) is 3. The lowest BCUT2D eigenvalue weighted by atomic mass is 10.1. The van der Waals surface area contributed by atoms with Crippen LogP contribution >= 0.6 is 0 Å². The van der Waals surface area contributed by atoms with Gasteiger partial charge in [-0.2, -0.15) is 0 Å². The Bertz CT molecular complexity index is 847. The summed E-state index contributed by atoms with van der Waals surface area (Å²) >= 11 is 0. The highest BCUT2D eigenvalue weighted by molar-refractivity contribution is 5.96. The number of β-amino-alcohol motifs (C(OH)–C–C–N with tert-alkyl or cyclic N) is 1. The van der Waals surface area contributed by atoms with Crippen LogP contribution in [0.1, 0.15) is 19.8 Å². The molecule has 0 aliphatic carbocycles. The lowest BCUT2D eigenvalue weighted by Crippen LogP contribution is -2.29. The Hall–Kier alpha value is -2.67. The molecule has 1 saturated heterocycles. The van der Waals surface area contributed by atoms with E-state index in [2.05, 4.69) is 19.9 Å². The van der Waals surface area contributed by atoms with Gasteiger partial charge in [0.05, 0.1) is 11.8 Å². The molecule has 3 aromatic heterocycles. The number of fused-ring (bicyclic) bond motifs is 1. The van der Waals surface area contributed by atoms with Crippen LogP contribution in [0.5, 0.6) is 0 Å². The van der Waals surface area contributed by atoms with Gasteiger partial charge in [-0.15, -0.1) is 0 Å². The van der Waals surface area contributed by atoms with E-state index in [1.807, 2.05) is 12.3 Å².